The Hall–Kier alpha value is 0.170. The standard InChI is InChI=1S/C7H13ClO3/c1-10-7-3-5(9)2-6(4-8)11-7/h5-7,9H,2-4H2,1H3. The van der Waals surface area contributed by atoms with E-state index in [9.17, 15) is 5.11 Å². The smallest absolute Gasteiger partial charge is 0.160 e. The summed E-state index contributed by atoms with van der Waals surface area (Å²) in [6, 6.07) is 0. The second kappa shape index (κ2) is 4.26. The zero-order valence-corrected chi connectivity index (χ0v) is 7.25. The molecule has 4 heteroatoms. The van der Waals surface area contributed by atoms with Crippen LogP contribution in [0.15, 0.2) is 0 Å². The van der Waals surface area contributed by atoms with Gasteiger partial charge in [0.25, 0.3) is 0 Å². The van der Waals surface area contributed by atoms with Crippen LogP contribution in [-0.4, -0.2) is 36.6 Å². The van der Waals surface area contributed by atoms with E-state index in [1.807, 2.05) is 0 Å². The van der Waals surface area contributed by atoms with Crippen molar-refractivity contribution < 1.29 is 14.6 Å². The molecule has 1 N–H and O–H groups in total. The van der Waals surface area contributed by atoms with Crippen molar-refractivity contribution >= 4 is 11.6 Å². The van der Waals surface area contributed by atoms with E-state index >= 15 is 0 Å². The molecule has 0 bridgehead atoms. The Labute approximate surface area is 71.2 Å². The van der Waals surface area contributed by atoms with Gasteiger partial charge in [-0.05, 0) is 0 Å². The first kappa shape index (κ1) is 9.26. The van der Waals surface area contributed by atoms with E-state index in [-0.39, 0.29) is 18.5 Å². The lowest BCUT2D eigenvalue weighted by Gasteiger charge is -2.30. The summed E-state index contributed by atoms with van der Waals surface area (Å²) in [7, 11) is 1.56. The quantitative estimate of drug-likeness (QED) is 0.637. The lowest BCUT2D eigenvalue weighted by molar-refractivity contribution is -0.197. The molecule has 3 atom stereocenters. The minimum atomic E-state index is -0.336. The molecular formula is C7H13ClO3. The van der Waals surface area contributed by atoms with E-state index < -0.39 is 0 Å². The molecule has 66 valence electrons. The molecule has 1 aliphatic heterocycles. The number of hydrogen-bond acceptors (Lipinski definition) is 3. The topological polar surface area (TPSA) is 38.7 Å². The normalized spacial score (nSPS) is 39.0. The molecule has 0 aromatic heterocycles. The Balaban J connectivity index is 2.37. The van der Waals surface area contributed by atoms with E-state index in [0.717, 1.165) is 0 Å². The summed E-state index contributed by atoms with van der Waals surface area (Å²) in [4.78, 5) is 0. The van der Waals surface area contributed by atoms with Gasteiger partial charge < -0.3 is 14.6 Å². The van der Waals surface area contributed by atoms with Gasteiger partial charge in [0.2, 0.25) is 0 Å². The largest absolute Gasteiger partial charge is 0.393 e. The predicted molar refractivity (Wildman–Crippen MR) is 41.6 cm³/mol. The number of methoxy groups -OCH3 is 1. The van der Waals surface area contributed by atoms with Crippen LogP contribution in [-0.2, 0) is 9.47 Å². The highest BCUT2D eigenvalue weighted by molar-refractivity contribution is 6.18. The maximum atomic E-state index is 9.29. The molecule has 3 nitrogen and oxygen atoms in total. The Morgan fingerprint density at radius 1 is 1.64 bits per heavy atom. The number of aliphatic hydroxyl groups is 1. The first-order chi connectivity index (χ1) is 5.26. The van der Waals surface area contributed by atoms with Crippen molar-refractivity contribution in [1.29, 1.82) is 0 Å². The second-order valence-electron chi connectivity index (χ2n) is 2.70. The van der Waals surface area contributed by atoms with Gasteiger partial charge in [-0.2, -0.15) is 0 Å². The Morgan fingerprint density at radius 2 is 2.36 bits per heavy atom. The van der Waals surface area contributed by atoms with Gasteiger partial charge in [0.05, 0.1) is 12.2 Å². The summed E-state index contributed by atoms with van der Waals surface area (Å²) in [5, 5.41) is 9.29. The monoisotopic (exact) mass is 180 g/mol. The summed E-state index contributed by atoms with van der Waals surface area (Å²) in [5.74, 6) is 0.414. The van der Waals surface area contributed by atoms with Crippen LogP contribution in [0.5, 0.6) is 0 Å². The fourth-order valence-corrected chi connectivity index (χ4v) is 1.40. The third kappa shape index (κ3) is 2.60. The lowest BCUT2D eigenvalue weighted by atomic mass is 10.1. The minimum absolute atomic E-state index is 0.0645. The predicted octanol–water partition coefficient (Wildman–Crippen LogP) is 0.738. The molecule has 1 aliphatic rings. The van der Waals surface area contributed by atoms with Crippen molar-refractivity contribution in [3.63, 3.8) is 0 Å². The molecular weight excluding hydrogens is 168 g/mol. The average Bonchev–Trinajstić information content (AvgIpc) is 2.03. The van der Waals surface area contributed by atoms with Crippen LogP contribution in [0.2, 0.25) is 0 Å². The van der Waals surface area contributed by atoms with E-state index in [0.29, 0.717) is 18.7 Å². The molecule has 1 fully saturated rings. The molecule has 0 aromatic rings. The highest BCUT2D eigenvalue weighted by Gasteiger charge is 2.27. The number of aliphatic hydroxyl groups excluding tert-OH is 1. The van der Waals surface area contributed by atoms with Crippen molar-refractivity contribution in [2.24, 2.45) is 0 Å². The maximum absolute atomic E-state index is 9.29. The molecule has 1 heterocycles. The van der Waals surface area contributed by atoms with Crippen LogP contribution in [0.3, 0.4) is 0 Å². The molecule has 1 saturated heterocycles. The lowest BCUT2D eigenvalue weighted by Crippen LogP contribution is -2.37. The van der Waals surface area contributed by atoms with Crippen molar-refractivity contribution in [1.82, 2.24) is 0 Å². The van der Waals surface area contributed by atoms with E-state index in [2.05, 4.69) is 0 Å². The zero-order chi connectivity index (χ0) is 8.27. The Morgan fingerprint density at radius 3 is 2.91 bits per heavy atom. The van der Waals surface area contributed by atoms with Gasteiger partial charge in [0.15, 0.2) is 6.29 Å². The first-order valence-corrected chi connectivity index (χ1v) is 4.22. The van der Waals surface area contributed by atoms with Gasteiger partial charge in [0.1, 0.15) is 0 Å². The average molecular weight is 181 g/mol. The van der Waals surface area contributed by atoms with Crippen LogP contribution in [0.1, 0.15) is 12.8 Å². The van der Waals surface area contributed by atoms with E-state index in [1.54, 1.807) is 7.11 Å². The van der Waals surface area contributed by atoms with Crippen LogP contribution in [0.25, 0.3) is 0 Å². The zero-order valence-electron chi connectivity index (χ0n) is 6.50. The van der Waals surface area contributed by atoms with Gasteiger partial charge in [-0.1, -0.05) is 0 Å². The first-order valence-electron chi connectivity index (χ1n) is 3.68. The van der Waals surface area contributed by atoms with Crippen molar-refractivity contribution in [3.05, 3.63) is 0 Å². The summed E-state index contributed by atoms with van der Waals surface area (Å²) in [6.45, 7) is 0. The van der Waals surface area contributed by atoms with E-state index in [1.165, 1.54) is 0 Å². The third-order valence-corrected chi connectivity index (χ3v) is 2.12. The van der Waals surface area contributed by atoms with Crippen LogP contribution in [0, 0.1) is 0 Å². The van der Waals surface area contributed by atoms with Gasteiger partial charge >= 0.3 is 0 Å². The SMILES string of the molecule is COC1CC(O)CC(CCl)O1. The molecule has 11 heavy (non-hydrogen) atoms. The molecule has 0 amide bonds. The van der Waals surface area contributed by atoms with E-state index in [4.69, 9.17) is 21.1 Å². The van der Waals surface area contributed by atoms with Gasteiger partial charge in [-0.15, -0.1) is 11.6 Å². The fraction of sp³-hybridized carbons (Fsp3) is 1.00. The van der Waals surface area contributed by atoms with Gasteiger partial charge in [-0.25, -0.2) is 0 Å². The van der Waals surface area contributed by atoms with Crippen LogP contribution < -0.4 is 0 Å². The minimum Gasteiger partial charge on any atom is -0.393 e. The van der Waals surface area contributed by atoms with Gasteiger partial charge in [0, 0.05) is 25.8 Å². The highest BCUT2D eigenvalue weighted by Crippen LogP contribution is 2.20. The van der Waals surface area contributed by atoms with Crippen molar-refractivity contribution in [3.8, 4) is 0 Å². The molecule has 0 aliphatic carbocycles. The molecule has 1 rings (SSSR count). The number of hydrogen-bond donors (Lipinski definition) is 1. The number of rotatable bonds is 2. The molecule has 0 aromatic carbocycles. The Bertz CT molecular complexity index is 108. The number of ether oxygens (including phenoxy) is 2. The van der Waals surface area contributed by atoms with Crippen LogP contribution in [0.4, 0.5) is 0 Å². The highest BCUT2D eigenvalue weighted by atomic mass is 35.5. The summed E-state index contributed by atoms with van der Waals surface area (Å²) >= 11 is 5.58. The molecule has 3 unspecified atom stereocenters. The fourth-order valence-electron chi connectivity index (χ4n) is 1.20. The number of alkyl halides is 1. The Kier molecular flexibility index (Phi) is 3.59. The van der Waals surface area contributed by atoms with Crippen molar-refractivity contribution in [2.45, 2.75) is 31.3 Å². The van der Waals surface area contributed by atoms with Crippen molar-refractivity contribution in [2.75, 3.05) is 13.0 Å². The number of halogens is 1. The second-order valence-corrected chi connectivity index (χ2v) is 3.01. The molecule has 0 spiro atoms. The summed E-state index contributed by atoms with van der Waals surface area (Å²) in [5.41, 5.74) is 0. The third-order valence-electron chi connectivity index (χ3n) is 1.78. The molecule has 0 radical (unpaired) electrons. The summed E-state index contributed by atoms with van der Waals surface area (Å²) in [6.07, 6.45) is 0.470. The summed E-state index contributed by atoms with van der Waals surface area (Å²) < 4.78 is 10.3. The maximum Gasteiger partial charge on any atom is 0.160 e. The molecule has 0 saturated carbocycles. The van der Waals surface area contributed by atoms with Gasteiger partial charge in [-0.3, -0.25) is 0 Å². The van der Waals surface area contributed by atoms with Crippen LogP contribution >= 0.6 is 11.6 Å².